The Morgan fingerprint density at radius 2 is 1.59 bits per heavy atom. The Morgan fingerprint density at radius 1 is 1.03 bits per heavy atom. The van der Waals surface area contributed by atoms with Gasteiger partial charge in [0.1, 0.15) is 6.04 Å². The van der Waals surface area contributed by atoms with Crippen molar-refractivity contribution in [3.8, 4) is 0 Å². The highest BCUT2D eigenvalue weighted by molar-refractivity contribution is 6.22. The van der Waals surface area contributed by atoms with Crippen LogP contribution in [-0.2, 0) is 14.3 Å². The largest absolute Gasteiger partial charge is 0.454 e. The summed E-state index contributed by atoms with van der Waals surface area (Å²) in [5.74, 6) is -2.39. The molecule has 0 N–H and O–H groups in total. The van der Waals surface area contributed by atoms with Gasteiger partial charge >= 0.3 is 5.97 Å². The van der Waals surface area contributed by atoms with E-state index >= 15 is 0 Å². The number of esters is 1. The molecule has 148 valence electrons. The maximum Gasteiger partial charge on any atom is 0.329 e. The third-order valence-corrected chi connectivity index (χ3v) is 4.57. The van der Waals surface area contributed by atoms with Crippen LogP contribution < -0.4 is 4.90 Å². The summed E-state index contributed by atoms with van der Waals surface area (Å²) in [4.78, 5) is 52.2. The number of carbonyl (C=O) groups excluding carboxylic acids is 4. The van der Waals surface area contributed by atoms with Gasteiger partial charge in [0.2, 0.25) is 0 Å². The number of anilines is 1. The van der Waals surface area contributed by atoms with Gasteiger partial charge in [0.05, 0.1) is 11.1 Å². The number of rotatable bonds is 7. The summed E-state index contributed by atoms with van der Waals surface area (Å²) in [7, 11) is 0. The minimum atomic E-state index is -1.15. The van der Waals surface area contributed by atoms with Crippen molar-refractivity contribution in [2.75, 3.05) is 18.1 Å². The first-order valence-electron chi connectivity index (χ1n) is 9.05. The summed E-state index contributed by atoms with van der Waals surface area (Å²) in [6, 6.07) is 14.1. The minimum Gasteiger partial charge on any atom is -0.454 e. The van der Waals surface area contributed by atoms with Crippen LogP contribution in [0.5, 0.6) is 0 Å². The third kappa shape index (κ3) is 3.94. The zero-order valence-corrected chi connectivity index (χ0v) is 15.9. The Kier molecular flexibility index (Phi) is 5.87. The number of fused-ring (bicyclic) bond motifs is 1. The second-order valence-electron chi connectivity index (χ2n) is 6.44. The summed E-state index contributed by atoms with van der Waals surface area (Å²) in [5, 5.41) is 0. The summed E-state index contributed by atoms with van der Waals surface area (Å²) in [5.41, 5.74) is 1.13. The van der Waals surface area contributed by atoms with Crippen molar-refractivity contribution in [1.82, 2.24) is 4.90 Å². The SMILES string of the molecule is C=CCN(C(=O)COC(=O)[C@@H](C)N1C(=O)c2ccccc2C1=O)c1ccccc1. The van der Waals surface area contributed by atoms with Crippen LogP contribution in [0.15, 0.2) is 67.3 Å². The van der Waals surface area contributed by atoms with Crippen LogP contribution in [0.25, 0.3) is 0 Å². The molecule has 1 aliphatic heterocycles. The van der Waals surface area contributed by atoms with E-state index in [4.69, 9.17) is 4.74 Å². The van der Waals surface area contributed by atoms with Crippen LogP contribution in [0.2, 0.25) is 0 Å². The molecule has 0 spiro atoms. The predicted molar refractivity (Wildman–Crippen MR) is 106 cm³/mol. The standard InChI is InChI=1S/C22H20N2O5/c1-3-13-23(16-9-5-4-6-10-16)19(25)14-29-22(28)15(2)24-20(26)17-11-7-8-12-18(17)21(24)27/h3-12,15H,1,13-14H2,2H3/t15-/m1/s1. The molecule has 0 fully saturated rings. The van der Waals surface area contributed by atoms with Crippen LogP contribution in [0.3, 0.4) is 0 Å². The maximum atomic E-state index is 12.5. The minimum absolute atomic E-state index is 0.244. The first-order valence-corrected chi connectivity index (χ1v) is 9.05. The number of para-hydroxylation sites is 1. The van der Waals surface area contributed by atoms with Gasteiger partial charge < -0.3 is 9.64 Å². The van der Waals surface area contributed by atoms with E-state index in [2.05, 4.69) is 6.58 Å². The van der Waals surface area contributed by atoms with Crippen LogP contribution in [0.1, 0.15) is 27.6 Å². The lowest BCUT2D eigenvalue weighted by Crippen LogP contribution is -2.45. The van der Waals surface area contributed by atoms with Crippen molar-refractivity contribution < 1.29 is 23.9 Å². The quantitative estimate of drug-likeness (QED) is 0.411. The van der Waals surface area contributed by atoms with Crippen molar-refractivity contribution >= 4 is 29.4 Å². The molecule has 1 heterocycles. The lowest BCUT2D eigenvalue weighted by Gasteiger charge is -2.23. The average Bonchev–Trinajstić information content (AvgIpc) is 3.00. The van der Waals surface area contributed by atoms with E-state index < -0.39 is 36.3 Å². The molecule has 3 rings (SSSR count). The Bertz CT molecular complexity index is 935. The van der Waals surface area contributed by atoms with Crippen molar-refractivity contribution in [2.24, 2.45) is 0 Å². The molecule has 0 bridgehead atoms. The molecule has 7 nitrogen and oxygen atoms in total. The molecule has 2 aromatic rings. The van der Waals surface area contributed by atoms with Crippen LogP contribution in [-0.4, -0.2) is 47.8 Å². The number of nitrogens with zero attached hydrogens (tertiary/aromatic N) is 2. The highest BCUT2D eigenvalue weighted by atomic mass is 16.5. The molecule has 0 radical (unpaired) electrons. The van der Waals surface area contributed by atoms with Crippen LogP contribution >= 0.6 is 0 Å². The summed E-state index contributed by atoms with van der Waals surface area (Å²) in [6.07, 6.45) is 1.56. The summed E-state index contributed by atoms with van der Waals surface area (Å²) < 4.78 is 5.11. The normalized spacial score (nSPS) is 13.6. The number of carbonyl (C=O) groups is 4. The fourth-order valence-corrected chi connectivity index (χ4v) is 3.08. The van der Waals surface area contributed by atoms with Crippen molar-refractivity contribution in [3.05, 3.63) is 78.4 Å². The molecule has 0 saturated carbocycles. The van der Waals surface area contributed by atoms with Gasteiger partial charge in [-0.3, -0.25) is 19.3 Å². The molecule has 7 heteroatoms. The second-order valence-corrected chi connectivity index (χ2v) is 6.44. The number of amides is 3. The predicted octanol–water partition coefficient (Wildman–Crippen LogP) is 2.43. The van der Waals surface area contributed by atoms with E-state index in [1.165, 1.54) is 24.0 Å². The van der Waals surface area contributed by atoms with Crippen molar-refractivity contribution in [1.29, 1.82) is 0 Å². The Morgan fingerprint density at radius 3 is 2.14 bits per heavy atom. The summed E-state index contributed by atoms with van der Waals surface area (Å²) in [6.45, 7) is 4.76. The molecule has 3 amide bonds. The van der Waals surface area contributed by atoms with Crippen molar-refractivity contribution in [2.45, 2.75) is 13.0 Å². The molecule has 29 heavy (non-hydrogen) atoms. The fraction of sp³-hybridized carbons (Fsp3) is 0.182. The van der Waals surface area contributed by atoms with Gasteiger partial charge in [0.15, 0.2) is 6.61 Å². The highest BCUT2D eigenvalue weighted by Crippen LogP contribution is 2.24. The molecule has 1 atom stereocenters. The lowest BCUT2D eigenvalue weighted by atomic mass is 10.1. The Balaban J connectivity index is 1.66. The molecule has 0 unspecified atom stereocenters. The first kappa shape index (κ1) is 20.0. The monoisotopic (exact) mass is 392 g/mol. The van der Waals surface area contributed by atoms with Crippen LogP contribution in [0, 0.1) is 0 Å². The van der Waals surface area contributed by atoms with Gasteiger partial charge in [-0.25, -0.2) is 4.79 Å². The van der Waals surface area contributed by atoms with E-state index in [1.54, 1.807) is 42.5 Å². The molecular weight excluding hydrogens is 372 g/mol. The molecule has 2 aromatic carbocycles. The topological polar surface area (TPSA) is 84.0 Å². The van der Waals surface area contributed by atoms with Gasteiger partial charge in [-0.15, -0.1) is 6.58 Å². The highest BCUT2D eigenvalue weighted by Gasteiger charge is 2.41. The van der Waals surface area contributed by atoms with E-state index in [-0.39, 0.29) is 17.7 Å². The van der Waals surface area contributed by atoms with Gasteiger partial charge in [-0.05, 0) is 31.2 Å². The smallest absolute Gasteiger partial charge is 0.329 e. The Labute approximate surface area is 168 Å². The number of hydrogen-bond acceptors (Lipinski definition) is 5. The number of benzene rings is 2. The van der Waals surface area contributed by atoms with Gasteiger partial charge in [0, 0.05) is 12.2 Å². The van der Waals surface area contributed by atoms with Gasteiger partial charge in [-0.1, -0.05) is 36.4 Å². The number of hydrogen-bond donors (Lipinski definition) is 0. The lowest BCUT2D eigenvalue weighted by molar-refractivity contribution is -0.151. The van der Waals surface area contributed by atoms with E-state index in [1.807, 2.05) is 6.07 Å². The summed E-state index contributed by atoms with van der Waals surface area (Å²) >= 11 is 0. The Hall–Kier alpha value is -3.74. The number of ether oxygens (including phenoxy) is 1. The molecule has 0 aromatic heterocycles. The zero-order valence-electron chi connectivity index (χ0n) is 15.9. The van der Waals surface area contributed by atoms with Gasteiger partial charge in [0.25, 0.3) is 17.7 Å². The second kappa shape index (κ2) is 8.52. The molecular formula is C22H20N2O5. The molecule has 0 saturated heterocycles. The van der Waals surface area contributed by atoms with E-state index in [9.17, 15) is 19.2 Å². The van der Waals surface area contributed by atoms with E-state index in [0.717, 1.165) is 4.90 Å². The van der Waals surface area contributed by atoms with Gasteiger partial charge in [-0.2, -0.15) is 0 Å². The average molecular weight is 392 g/mol. The zero-order chi connectivity index (χ0) is 21.0. The maximum absolute atomic E-state index is 12.5. The third-order valence-electron chi connectivity index (χ3n) is 4.57. The molecule has 0 aliphatic carbocycles. The van der Waals surface area contributed by atoms with Crippen LogP contribution in [0.4, 0.5) is 5.69 Å². The first-order chi connectivity index (χ1) is 14.0. The molecule has 1 aliphatic rings. The van der Waals surface area contributed by atoms with E-state index in [0.29, 0.717) is 5.69 Å². The number of imide groups is 1. The fourth-order valence-electron chi connectivity index (χ4n) is 3.08. The van der Waals surface area contributed by atoms with Crippen molar-refractivity contribution in [3.63, 3.8) is 0 Å².